The molecule has 0 N–H and O–H groups in total. The standard InChI is InChI=1S/C4H10O.BH3.4ClH.3FH/c1-3-5-4-2;;;;;;;;/h3-4H2,1-2H3;1H3;7*1H. The molecule has 0 fully saturated rings. The molecular formula is C4H20BCl4F3O. The van der Waals surface area contributed by atoms with Crippen LogP contribution in [-0.4, -0.2) is 21.6 Å². The maximum atomic E-state index is 4.83. The Morgan fingerprint density at radius 1 is 0.692 bits per heavy atom. The summed E-state index contributed by atoms with van der Waals surface area (Å²) < 4.78 is 4.83. The van der Waals surface area contributed by atoms with Crippen LogP contribution < -0.4 is 0 Å². The van der Waals surface area contributed by atoms with E-state index in [2.05, 4.69) is 0 Å². The van der Waals surface area contributed by atoms with Crippen LogP contribution in [0.4, 0.5) is 14.1 Å². The lowest BCUT2D eigenvalue weighted by Crippen LogP contribution is -1.84. The summed E-state index contributed by atoms with van der Waals surface area (Å²) in [4.78, 5) is 0. The van der Waals surface area contributed by atoms with Crippen molar-refractivity contribution in [3.8, 4) is 0 Å². The van der Waals surface area contributed by atoms with E-state index >= 15 is 0 Å². The molecular weight excluding hydrogens is 274 g/mol. The number of halogens is 7. The molecule has 0 aliphatic carbocycles. The summed E-state index contributed by atoms with van der Waals surface area (Å²) in [6.07, 6.45) is 0. The summed E-state index contributed by atoms with van der Waals surface area (Å²) in [6.45, 7) is 5.67. The van der Waals surface area contributed by atoms with E-state index in [4.69, 9.17) is 4.74 Å². The molecule has 0 aliphatic heterocycles. The highest BCUT2D eigenvalue weighted by molar-refractivity contribution is 5.86. The van der Waals surface area contributed by atoms with Gasteiger partial charge in [-0.25, -0.2) is 0 Å². The molecule has 0 unspecified atom stereocenters. The lowest BCUT2D eigenvalue weighted by atomic mass is 10.8. The molecule has 13 heavy (non-hydrogen) atoms. The molecule has 0 aromatic heterocycles. The predicted molar refractivity (Wildman–Crippen MR) is 68.6 cm³/mol. The van der Waals surface area contributed by atoms with Gasteiger partial charge in [-0.2, -0.15) is 0 Å². The normalized spacial score (nSPS) is 3.23. The minimum absolute atomic E-state index is 0. The third-order valence-electron chi connectivity index (χ3n) is 0.408. The zero-order chi connectivity index (χ0) is 4.12. The predicted octanol–water partition coefficient (Wildman–Crippen LogP) is 2.00. The third-order valence-corrected chi connectivity index (χ3v) is 0.408. The van der Waals surface area contributed by atoms with Crippen molar-refractivity contribution >= 4 is 58.0 Å². The highest BCUT2D eigenvalue weighted by Gasteiger charge is 1.64. The van der Waals surface area contributed by atoms with Crippen LogP contribution in [0.1, 0.15) is 13.8 Å². The van der Waals surface area contributed by atoms with E-state index in [-0.39, 0.29) is 72.2 Å². The second kappa shape index (κ2) is 118. The molecule has 0 spiro atoms. The van der Waals surface area contributed by atoms with E-state index < -0.39 is 0 Å². The Morgan fingerprint density at radius 3 is 0.846 bits per heavy atom. The van der Waals surface area contributed by atoms with Crippen LogP contribution in [0.2, 0.25) is 0 Å². The van der Waals surface area contributed by atoms with Crippen LogP contribution in [0.15, 0.2) is 0 Å². The van der Waals surface area contributed by atoms with Gasteiger partial charge in [-0.05, 0) is 13.8 Å². The number of rotatable bonds is 2. The van der Waals surface area contributed by atoms with Crippen molar-refractivity contribution in [3.05, 3.63) is 0 Å². The lowest BCUT2D eigenvalue weighted by molar-refractivity contribution is 0.162. The summed E-state index contributed by atoms with van der Waals surface area (Å²) in [5.41, 5.74) is 0. The summed E-state index contributed by atoms with van der Waals surface area (Å²) in [6, 6.07) is 0. The van der Waals surface area contributed by atoms with Gasteiger partial charge in [0.05, 0.1) is 8.41 Å². The van der Waals surface area contributed by atoms with Crippen LogP contribution in [0.25, 0.3) is 0 Å². The van der Waals surface area contributed by atoms with Crippen LogP contribution in [0, 0.1) is 0 Å². The quantitative estimate of drug-likeness (QED) is 0.708. The Morgan fingerprint density at radius 2 is 0.846 bits per heavy atom. The molecule has 0 amide bonds. The molecule has 0 aromatic carbocycles. The summed E-state index contributed by atoms with van der Waals surface area (Å²) >= 11 is 0. The maximum Gasteiger partial charge on any atom is 0.0814 e. The first-order valence-corrected chi connectivity index (χ1v) is 1.99. The van der Waals surface area contributed by atoms with Crippen LogP contribution in [0.5, 0.6) is 0 Å². The molecule has 0 saturated heterocycles. The third kappa shape index (κ3) is 177. The Labute approximate surface area is 104 Å². The van der Waals surface area contributed by atoms with E-state index in [0.29, 0.717) is 0 Å². The summed E-state index contributed by atoms with van der Waals surface area (Å²) in [5.74, 6) is 0. The molecule has 0 radical (unpaired) electrons. The van der Waals surface area contributed by atoms with Crippen molar-refractivity contribution in [3.63, 3.8) is 0 Å². The monoisotopic (exact) mass is 292 g/mol. The van der Waals surface area contributed by atoms with E-state index in [1.165, 1.54) is 0 Å². The fourth-order valence-electron chi connectivity index (χ4n) is 0.204. The van der Waals surface area contributed by atoms with Crippen LogP contribution in [0.3, 0.4) is 0 Å². The first kappa shape index (κ1) is 95.1. The molecule has 0 saturated carbocycles. The zero-order valence-corrected chi connectivity index (χ0v) is 9.95. The van der Waals surface area contributed by atoms with Gasteiger partial charge >= 0.3 is 0 Å². The topological polar surface area (TPSA) is 9.23 Å². The largest absolute Gasteiger partial charge is 0.382 e. The summed E-state index contributed by atoms with van der Waals surface area (Å²) in [5, 5.41) is 0. The molecule has 0 heterocycles. The van der Waals surface area contributed by atoms with Gasteiger partial charge in [0.1, 0.15) is 0 Å². The average Bonchev–Trinajstić information content (AvgIpc) is 1.41. The minimum atomic E-state index is 0. The van der Waals surface area contributed by atoms with Gasteiger partial charge in [0.25, 0.3) is 0 Å². The van der Waals surface area contributed by atoms with Gasteiger partial charge in [-0.3, -0.25) is 14.1 Å². The number of ether oxygens (including phenoxy) is 1. The van der Waals surface area contributed by atoms with Crippen molar-refractivity contribution < 1.29 is 18.9 Å². The molecule has 0 aliphatic rings. The van der Waals surface area contributed by atoms with Gasteiger partial charge < -0.3 is 4.74 Å². The fourth-order valence-corrected chi connectivity index (χ4v) is 0.204. The van der Waals surface area contributed by atoms with E-state index in [9.17, 15) is 0 Å². The lowest BCUT2D eigenvalue weighted by Gasteiger charge is -1.86. The molecule has 1 nitrogen and oxygen atoms in total. The first-order valence-electron chi connectivity index (χ1n) is 1.99. The Bertz CT molecular complexity index is 34.9. The molecule has 0 bridgehead atoms. The van der Waals surface area contributed by atoms with Crippen molar-refractivity contribution in [2.75, 3.05) is 13.2 Å². The molecule has 9 heteroatoms. The highest BCUT2D eigenvalue weighted by Crippen LogP contribution is 1.64. The van der Waals surface area contributed by atoms with Crippen molar-refractivity contribution in [2.45, 2.75) is 13.8 Å². The van der Waals surface area contributed by atoms with Crippen molar-refractivity contribution in [2.24, 2.45) is 0 Å². The highest BCUT2D eigenvalue weighted by atomic mass is 35.5. The fraction of sp³-hybridized carbons (Fsp3) is 1.00. The van der Waals surface area contributed by atoms with Crippen LogP contribution in [-0.2, 0) is 4.74 Å². The molecule has 94 valence electrons. The second-order valence-electron chi connectivity index (χ2n) is 0.781. The Balaban J connectivity index is -0.00000000286. The molecule has 0 atom stereocenters. The van der Waals surface area contributed by atoms with Gasteiger partial charge in [-0.1, -0.05) is 0 Å². The number of hydrogen-bond donors (Lipinski definition) is 0. The van der Waals surface area contributed by atoms with Crippen LogP contribution >= 0.6 is 49.6 Å². The molecule has 0 rings (SSSR count). The van der Waals surface area contributed by atoms with Gasteiger partial charge in [0, 0.05) is 13.2 Å². The van der Waals surface area contributed by atoms with E-state index in [0.717, 1.165) is 13.2 Å². The van der Waals surface area contributed by atoms with Crippen molar-refractivity contribution in [1.29, 1.82) is 0 Å². The van der Waals surface area contributed by atoms with Crippen molar-refractivity contribution in [1.82, 2.24) is 0 Å². The van der Waals surface area contributed by atoms with E-state index in [1.54, 1.807) is 0 Å². The average molecular weight is 294 g/mol. The smallest absolute Gasteiger partial charge is 0.0814 e. The molecule has 0 aromatic rings. The zero-order valence-electron chi connectivity index (χ0n) is 6.68. The van der Waals surface area contributed by atoms with Gasteiger partial charge in [-0.15, -0.1) is 49.6 Å². The minimum Gasteiger partial charge on any atom is -0.382 e. The SMILES string of the molecule is B.CCOCC.Cl.Cl.Cl.Cl.F.F.F. The van der Waals surface area contributed by atoms with E-state index in [1.807, 2.05) is 13.8 Å². The Kier molecular flexibility index (Phi) is 861. The summed E-state index contributed by atoms with van der Waals surface area (Å²) in [7, 11) is 0. The second-order valence-corrected chi connectivity index (χ2v) is 0.781. The number of hydrogen-bond acceptors (Lipinski definition) is 1. The maximum absolute atomic E-state index is 4.83. The first-order chi connectivity index (χ1) is 2.41. The van der Waals surface area contributed by atoms with Gasteiger partial charge in [0.15, 0.2) is 0 Å². The Hall–Kier alpha value is 0.975. The van der Waals surface area contributed by atoms with Gasteiger partial charge in [0.2, 0.25) is 0 Å².